The van der Waals surface area contributed by atoms with Gasteiger partial charge in [0.2, 0.25) is 0 Å². The summed E-state index contributed by atoms with van der Waals surface area (Å²) in [5, 5.41) is 1.14. The van der Waals surface area contributed by atoms with Crippen molar-refractivity contribution in [3.8, 4) is 0 Å². The number of thioether (sulfide) groups is 2. The summed E-state index contributed by atoms with van der Waals surface area (Å²) >= 11 is 4.52. The van der Waals surface area contributed by atoms with E-state index in [0.29, 0.717) is 14.4 Å². The first-order valence-electron chi connectivity index (χ1n) is 5.90. The molecule has 0 unspecified atom stereocenters. The lowest BCUT2D eigenvalue weighted by Crippen LogP contribution is -2.44. The molecule has 2 rings (SSSR count). The summed E-state index contributed by atoms with van der Waals surface area (Å²) in [6.07, 6.45) is 4.27. The second-order valence-corrected chi connectivity index (χ2v) is 12.4. The molecule has 0 radical (unpaired) electrons. The van der Waals surface area contributed by atoms with Crippen LogP contribution in [0.5, 0.6) is 0 Å². The Morgan fingerprint density at radius 2 is 1.33 bits per heavy atom. The van der Waals surface area contributed by atoms with E-state index in [1.54, 1.807) is 0 Å². The quantitative estimate of drug-likeness (QED) is 0.586. The molecule has 0 N–H and O–H groups in total. The molecular formula is C12H23PS2. The van der Waals surface area contributed by atoms with Crippen LogP contribution in [0.25, 0.3) is 0 Å². The highest BCUT2D eigenvalue weighted by atomic mass is 32.2. The number of hydrogen-bond acceptors (Lipinski definition) is 2. The monoisotopic (exact) mass is 262 g/mol. The SMILES string of the molecule is CC1(C)CC2(CC(C)(C)P1)SCCCS2. The first kappa shape index (κ1) is 12.6. The molecule has 2 heterocycles. The van der Waals surface area contributed by atoms with Gasteiger partial charge in [-0.05, 0) is 41.1 Å². The van der Waals surface area contributed by atoms with Crippen molar-refractivity contribution in [1.82, 2.24) is 0 Å². The smallest absolute Gasteiger partial charge is 0.0627 e. The third-order valence-electron chi connectivity index (χ3n) is 3.12. The maximum Gasteiger partial charge on any atom is 0.0627 e. The van der Waals surface area contributed by atoms with E-state index in [-0.39, 0.29) is 0 Å². The van der Waals surface area contributed by atoms with Gasteiger partial charge in [0.1, 0.15) is 0 Å². The molecule has 0 bridgehead atoms. The molecule has 3 heteroatoms. The Balaban J connectivity index is 2.18. The third-order valence-corrected chi connectivity index (χ3v) is 8.15. The number of rotatable bonds is 0. The average Bonchev–Trinajstić information content (AvgIpc) is 1.97. The predicted molar refractivity (Wildman–Crippen MR) is 78.0 cm³/mol. The Kier molecular flexibility index (Phi) is 3.44. The average molecular weight is 262 g/mol. The Labute approximate surface area is 105 Å². The van der Waals surface area contributed by atoms with Crippen LogP contribution in [0.1, 0.15) is 47.0 Å². The highest BCUT2D eigenvalue weighted by Gasteiger charge is 2.48. The molecule has 1 spiro atoms. The van der Waals surface area contributed by atoms with Crippen LogP contribution in [0.4, 0.5) is 0 Å². The van der Waals surface area contributed by atoms with Crippen molar-refractivity contribution in [2.45, 2.75) is 61.3 Å². The van der Waals surface area contributed by atoms with Gasteiger partial charge in [-0.1, -0.05) is 27.7 Å². The van der Waals surface area contributed by atoms with Gasteiger partial charge < -0.3 is 0 Å². The van der Waals surface area contributed by atoms with Crippen molar-refractivity contribution < 1.29 is 0 Å². The van der Waals surface area contributed by atoms with Gasteiger partial charge in [-0.2, -0.15) is 0 Å². The second kappa shape index (κ2) is 4.10. The minimum Gasteiger partial charge on any atom is -0.144 e. The summed E-state index contributed by atoms with van der Waals surface area (Å²) in [5.74, 6) is 2.78. The molecule has 2 aliphatic heterocycles. The van der Waals surface area contributed by atoms with Crippen molar-refractivity contribution in [3.63, 3.8) is 0 Å². The molecule has 2 saturated heterocycles. The zero-order valence-corrected chi connectivity index (χ0v) is 13.0. The molecule has 88 valence electrons. The minimum atomic E-state index is 0.566. The highest BCUT2D eigenvalue weighted by Crippen LogP contribution is 2.63. The Morgan fingerprint density at radius 3 is 1.80 bits per heavy atom. The Bertz CT molecular complexity index is 224. The Morgan fingerprint density at radius 1 is 0.867 bits per heavy atom. The summed E-state index contributed by atoms with van der Waals surface area (Å²) in [5.41, 5.74) is 0. The topological polar surface area (TPSA) is 0 Å². The zero-order valence-electron chi connectivity index (χ0n) is 10.4. The third kappa shape index (κ3) is 3.07. The van der Waals surface area contributed by atoms with Crippen molar-refractivity contribution in [3.05, 3.63) is 0 Å². The minimum absolute atomic E-state index is 0.566. The van der Waals surface area contributed by atoms with Gasteiger partial charge in [-0.3, -0.25) is 0 Å². The molecule has 0 atom stereocenters. The van der Waals surface area contributed by atoms with Crippen molar-refractivity contribution in [2.75, 3.05) is 11.5 Å². The van der Waals surface area contributed by atoms with Crippen molar-refractivity contribution in [2.24, 2.45) is 0 Å². The lowest BCUT2D eigenvalue weighted by Gasteiger charge is -2.52. The zero-order chi connectivity index (χ0) is 11.2. The fourth-order valence-corrected chi connectivity index (χ4v) is 10.5. The Hall–Kier alpha value is 1.13. The normalized spacial score (nSPS) is 32.8. The van der Waals surface area contributed by atoms with Crippen LogP contribution in [0.15, 0.2) is 0 Å². The maximum atomic E-state index is 2.48. The van der Waals surface area contributed by atoms with E-state index >= 15 is 0 Å². The molecule has 0 aromatic carbocycles. The van der Waals surface area contributed by atoms with E-state index in [2.05, 4.69) is 51.2 Å². The molecule has 0 amide bonds. The fourth-order valence-electron chi connectivity index (χ4n) is 3.23. The van der Waals surface area contributed by atoms with Crippen LogP contribution in [-0.2, 0) is 0 Å². The fraction of sp³-hybridized carbons (Fsp3) is 1.00. The largest absolute Gasteiger partial charge is 0.144 e. The van der Waals surface area contributed by atoms with Crippen LogP contribution >= 0.6 is 32.1 Å². The predicted octanol–water partition coefficient (Wildman–Crippen LogP) is 4.58. The first-order chi connectivity index (χ1) is 6.83. The summed E-state index contributed by atoms with van der Waals surface area (Å²) in [6.45, 7) is 9.90. The molecule has 15 heavy (non-hydrogen) atoms. The van der Waals surface area contributed by atoms with Gasteiger partial charge in [-0.25, -0.2) is 0 Å². The molecule has 2 aliphatic rings. The van der Waals surface area contributed by atoms with Gasteiger partial charge in [-0.15, -0.1) is 32.1 Å². The van der Waals surface area contributed by atoms with Crippen LogP contribution < -0.4 is 0 Å². The van der Waals surface area contributed by atoms with Crippen molar-refractivity contribution >= 4 is 32.1 Å². The molecule has 0 nitrogen and oxygen atoms in total. The molecular weight excluding hydrogens is 239 g/mol. The first-order valence-corrected chi connectivity index (χ1v) is 8.87. The van der Waals surface area contributed by atoms with Crippen LogP contribution in [0.2, 0.25) is 0 Å². The van der Waals surface area contributed by atoms with Gasteiger partial charge in [0.05, 0.1) is 4.08 Å². The lowest BCUT2D eigenvalue weighted by atomic mass is 9.96. The van der Waals surface area contributed by atoms with E-state index in [0.717, 1.165) is 8.58 Å². The molecule has 0 aliphatic carbocycles. The molecule has 0 aromatic rings. The summed E-state index contributed by atoms with van der Waals surface area (Å²) < 4.78 is 0.566. The van der Waals surface area contributed by atoms with E-state index in [1.807, 2.05) is 0 Å². The van der Waals surface area contributed by atoms with Crippen LogP contribution in [0, 0.1) is 0 Å². The number of hydrogen-bond donors (Lipinski definition) is 0. The van der Waals surface area contributed by atoms with E-state index < -0.39 is 0 Å². The van der Waals surface area contributed by atoms with Gasteiger partial charge in [0.15, 0.2) is 0 Å². The summed E-state index contributed by atoms with van der Waals surface area (Å²) in [7, 11) is 1.13. The summed E-state index contributed by atoms with van der Waals surface area (Å²) in [4.78, 5) is 0. The van der Waals surface area contributed by atoms with Crippen LogP contribution in [0.3, 0.4) is 0 Å². The van der Waals surface area contributed by atoms with Gasteiger partial charge in [0.25, 0.3) is 0 Å². The highest BCUT2D eigenvalue weighted by molar-refractivity contribution is 8.18. The van der Waals surface area contributed by atoms with Gasteiger partial charge >= 0.3 is 0 Å². The molecule has 0 aromatic heterocycles. The van der Waals surface area contributed by atoms with E-state index in [1.165, 1.54) is 30.8 Å². The van der Waals surface area contributed by atoms with Crippen molar-refractivity contribution in [1.29, 1.82) is 0 Å². The van der Waals surface area contributed by atoms with Gasteiger partial charge in [0, 0.05) is 0 Å². The van der Waals surface area contributed by atoms with E-state index in [4.69, 9.17) is 0 Å². The van der Waals surface area contributed by atoms with Crippen LogP contribution in [-0.4, -0.2) is 25.9 Å². The lowest BCUT2D eigenvalue weighted by molar-refractivity contribution is 0.463. The summed E-state index contributed by atoms with van der Waals surface area (Å²) in [6, 6.07) is 0. The second-order valence-electron chi connectivity index (χ2n) is 6.21. The standard InChI is InChI=1S/C12H23PS2/c1-10(2)8-12(9-11(3,4)13-10)14-6-5-7-15-12/h13H,5-9H2,1-4H3. The molecule has 0 saturated carbocycles. The molecule has 2 fully saturated rings. The maximum absolute atomic E-state index is 2.48. The van der Waals surface area contributed by atoms with E-state index in [9.17, 15) is 0 Å².